The van der Waals surface area contributed by atoms with Gasteiger partial charge in [0.25, 0.3) is 0 Å². The lowest BCUT2D eigenvalue weighted by Gasteiger charge is -2.01. The molecule has 3 nitrogen and oxygen atoms in total. The first-order chi connectivity index (χ1) is 7.70. The van der Waals surface area contributed by atoms with Crippen molar-refractivity contribution in [1.29, 1.82) is 0 Å². The minimum Gasteiger partial charge on any atom is -0.227 e. The summed E-state index contributed by atoms with van der Waals surface area (Å²) in [7, 11) is 0. The molecule has 0 aliphatic heterocycles. The predicted molar refractivity (Wildman–Crippen MR) is 64.7 cm³/mol. The molecule has 0 fully saturated rings. The number of halogens is 2. The minimum atomic E-state index is -0.326. The molecular weight excluding hydrogens is 293 g/mol. The molecule has 16 heavy (non-hydrogen) atoms. The van der Waals surface area contributed by atoms with Crippen molar-refractivity contribution in [3.8, 4) is 11.3 Å². The molecule has 0 aliphatic rings. The SMILES string of the molecule is CSc1ncc(-c2ccc(Br)c(F)c2)nn1. The van der Waals surface area contributed by atoms with Gasteiger partial charge in [-0.15, -0.1) is 10.2 Å². The number of hydrogen-bond donors (Lipinski definition) is 0. The first kappa shape index (κ1) is 11.5. The van der Waals surface area contributed by atoms with E-state index < -0.39 is 0 Å². The van der Waals surface area contributed by atoms with Crippen LogP contribution in [0.15, 0.2) is 34.0 Å². The maximum absolute atomic E-state index is 13.3. The summed E-state index contributed by atoms with van der Waals surface area (Å²) in [4.78, 5) is 4.08. The van der Waals surface area contributed by atoms with E-state index in [1.807, 2.05) is 6.26 Å². The topological polar surface area (TPSA) is 38.7 Å². The average Bonchev–Trinajstić information content (AvgIpc) is 2.33. The molecule has 2 rings (SSSR count). The number of thioether (sulfide) groups is 1. The summed E-state index contributed by atoms with van der Waals surface area (Å²) in [6.45, 7) is 0. The number of rotatable bonds is 2. The summed E-state index contributed by atoms with van der Waals surface area (Å²) in [5.74, 6) is -0.326. The fourth-order valence-electron chi connectivity index (χ4n) is 1.15. The highest BCUT2D eigenvalue weighted by Gasteiger charge is 2.05. The summed E-state index contributed by atoms with van der Waals surface area (Å²) in [6.07, 6.45) is 3.46. The van der Waals surface area contributed by atoms with Crippen molar-refractivity contribution in [3.05, 3.63) is 34.7 Å². The zero-order valence-corrected chi connectivity index (χ0v) is 10.7. The number of benzene rings is 1. The summed E-state index contributed by atoms with van der Waals surface area (Å²) < 4.78 is 13.7. The first-order valence-corrected chi connectivity index (χ1v) is 6.41. The minimum absolute atomic E-state index is 0.326. The maximum atomic E-state index is 13.3. The van der Waals surface area contributed by atoms with Crippen LogP contribution in [-0.4, -0.2) is 21.4 Å². The van der Waals surface area contributed by atoms with Gasteiger partial charge >= 0.3 is 0 Å². The molecule has 0 aliphatic carbocycles. The highest BCUT2D eigenvalue weighted by molar-refractivity contribution is 9.10. The van der Waals surface area contributed by atoms with Crippen LogP contribution in [0.1, 0.15) is 0 Å². The van der Waals surface area contributed by atoms with Crippen LogP contribution in [0.3, 0.4) is 0 Å². The second-order valence-corrected chi connectivity index (χ2v) is 4.59. The number of hydrogen-bond acceptors (Lipinski definition) is 4. The van der Waals surface area contributed by atoms with Gasteiger partial charge < -0.3 is 0 Å². The molecule has 82 valence electrons. The van der Waals surface area contributed by atoms with Gasteiger partial charge in [0.15, 0.2) is 0 Å². The van der Waals surface area contributed by atoms with E-state index in [4.69, 9.17) is 0 Å². The normalized spacial score (nSPS) is 10.4. The Bertz CT molecular complexity index is 504. The third-order valence-electron chi connectivity index (χ3n) is 1.94. The van der Waals surface area contributed by atoms with E-state index in [0.717, 1.165) is 0 Å². The van der Waals surface area contributed by atoms with Gasteiger partial charge in [-0.05, 0) is 34.3 Å². The van der Waals surface area contributed by atoms with E-state index in [0.29, 0.717) is 20.9 Å². The molecule has 0 N–H and O–H groups in total. The van der Waals surface area contributed by atoms with Crippen molar-refractivity contribution < 1.29 is 4.39 Å². The quantitative estimate of drug-likeness (QED) is 0.799. The van der Waals surface area contributed by atoms with Gasteiger partial charge in [-0.25, -0.2) is 9.37 Å². The fourth-order valence-corrected chi connectivity index (χ4v) is 1.67. The second kappa shape index (κ2) is 4.88. The molecule has 0 unspecified atom stereocenters. The van der Waals surface area contributed by atoms with E-state index >= 15 is 0 Å². The Hall–Kier alpha value is -1.01. The zero-order valence-electron chi connectivity index (χ0n) is 8.32. The standard InChI is InChI=1S/C10H7BrFN3S/c1-16-10-13-5-9(14-15-10)6-2-3-7(11)8(12)4-6/h2-5H,1H3. The van der Waals surface area contributed by atoms with Crippen molar-refractivity contribution in [2.24, 2.45) is 0 Å². The summed E-state index contributed by atoms with van der Waals surface area (Å²) in [6, 6.07) is 4.79. The van der Waals surface area contributed by atoms with E-state index in [1.165, 1.54) is 17.8 Å². The molecule has 0 radical (unpaired) electrons. The summed E-state index contributed by atoms with van der Waals surface area (Å²) >= 11 is 4.51. The highest BCUT2D eigenvalue weighted by Crippen LogP contribution is 2.22. The van der Waals surface area contributed by atoms with E-state index in [2.05, 4.69) is 31.1 Å². The molecule has 0 spiro atoms. The average molecular weight is 300 g/mol. The molecule has 6 heteroatoms. The Morgan fingerprint density at radius 1 is 1.31 bits per heavy atom. The van der Waals surface area contributed by atoms with Crippen LogP contribution in [-0.2, 0) is 0 Å². The van der Waals surface area contributed by atoms with Crippen LogP contribution in [0.25, 0.3) is 11.3 Å². The van der Waals surface area contributed by atoms with Gasteiger partial charge in [-0.2, -0.15) is 0 Å². The van der Waals surface area contributed by atoms with Crippen molar-refractivity contribution in [1.82, 2.24) is 15.2 Å². The first-order valence-electron chi connectivity index (χ1n) is 4.40. The molecule has 0 saturated carbocycles. The van der Waals surface area contributed by atoms with Gasteiger partial charge in [0.1, 0.15) is 11.5 Å². The van der Waals surface area contributed by atoms with Crippen molar-refractivity contribution in [3.63, 3.8) is 0 Å². The lowest BCUT2D eigenvalue weighted by atomic mass is 10.2. The molecule has 1 aromatic heterocycles. The monoisotopic (exact) mass is 299 g/mol. The third-order valence-corrected chi connectivity index (χ3v) is 3.13. The smallest absolute Gasteiger partial charge is 0.208 e. The Morgan fingerprint density at radius 2 is 2.12 bits per heavy atom. The van der Waals surface area contributed by atoms with E-state index in [-0.39, 0.29) is 5.82 Å². The highest BCUT2D eigenvalue weighted by atomic mass is 79.9. The molecule has 0 saturated heterocycles. The van der Waals surface area contributed by atoms with Crippen LogP contribution in [0.5, 0.6) is 0 Å². The summed E-state index contributed by atoms with van der Waals surface area (Å²) in [5, 5.41) is 8.47. The van der Waals surface area contributed by atoms with Gasteiger partial charge in [0, 0.05) is 5.56 Å². The van der Waals surface area contributed by atoms with Crippen LogP contribution in [0, 0.1) is 5.82 Å². The Kier molecular flexibility index (Phi) is 3.50. The van der Waals surface area contributed by atoms with Crippen LogP contribution >= 0.6 is 27.7 Å². The number of nitrogens with zero attached hydrogens (tertiary/aromatic N) is 3. The zero-order chi connectivity index (χ0) is 11.5. The Labute approximate surface area is 105 Å². The van der Waals surface area contributed by atoms with Crippen molar-refractivity contribution in [2.45, 2.75) is 5.16 Å². The fraction of sp³-hybridized carbons (Fsp3) is 0.100. The molecule has 1 heterocycles. The van der Waals surface area contributed by atoms with Crippen LogP contribution in [0.4, 0.5) is 4.39 Å². The lowest BCUT2D eigenvalue weighted by molar-refractivity contribution is 0.621. The van der Waals surface area contributed by atoms with Crippen molar-refractivity contribution in [2.75, 3.05) is 6.26 Å². The van der Waals surface area contributed by atoms with Gasteiger partial charge in [0.05, 0.1) is 10.7 Å². The lowest BCUT2D eigenvalue weighted by Crippen LogP contribution is -1.93. The maximum Gasteiger partial charge on any atom is 0.208 e. The molecule has 0 atom stereocenters. The van der Waals surface area contributed by atoms with E-state index in [1.54, 1.807) is 18.3 Å². The Morgan fingerprint density at radius 3 is 2.69 bits per heavy atom. The van der Waals surface area contributed by atoms with E-state index in [9.17, 15) is 4.39 Å². The third kappa shape index (κ3) is 2.38. The molecule has 2 aromatic rings. The Balaban J connectivity index is 2.38. The largest absolute Gasteiger partial charge is 0.227 e. The number of aromatic nitrogens is 3. The molecule has 0 amide bonds. The second-order valence-electron chi connectivity index (χ2n) is 2.96. The van der Waals surface area contributed by atoms with Crippen LogP contribution < -0.4 is 0 Å². The van der Waals surface area contributed by atoms with Gasteiger partial charge in [-0.1, -0.05) is 17.8 Å². The molecular formula is C10H7BrFN3S. The van der Waals surface area contributed by atoms with Crippen LogP contribution in [0.2, 0.25) is 0 Å². The molecule has 0 bridgehead atoms. The summed E-state index contributed by atoms with van der Waals surface area (Å²) in [5.41, 5.74) is 1.22. The molecule has 1 aromatic carbocycles. The van der Waals surface area contributed by atoms with Gasteiger partial charge in [-0.3, -0.25) is 0 Å². The van der Waals surface area contributed by atoms with Gasteiger partial charge in [0.2, 0.25) is 5.16 Å². The predicted octanol–water partition coefficient (Wildman–Crippen LogP) is 3.16. The van der Waals surface area contributed by atoms with Crippen molar-refractivity contribution >= 4 is 27.7 Å².